The number of carbonyl (C=O) groups excluding carboxylic acids is 3. The number of halogens is 2. The summed E-state index contributed by atoms with van der Waals surface area (Å²) in [4.78, 5) is 40.5. The fourth-order valence-corrected chi connectivity index (χ4v) is 8.23. The molecule has 0 aromatic heterocycles. The number of Topliss-reactive ketones (excluding diaryl/α,β-unsaturated/α-hetero) is 1. The fourth-order valence-electron chi connectivity index (χ4n) is 6.56. The first-order valence-electron chi connectivity index (χ1n) is 17.6. The Morgan fingerprint density at radius 3 is 1.87 bits per heavy atom. The predicted molar refractivity (Wildman–Crippen MR) is 193 cm³/mol. The largest absolute Gasteiger partial charge is 0.452 e. The number of rotatable bonds is 18. The zero-order valence-electron chi connectivity index (χ0n) is 30.1. The van der Waals surface area contributed by atoms with Crippen LogP contribution in [0, 0.1) is 23.5 Å². The summed E-state index contributed by atoms with van der Waals surface area (Å²) in [5.74, 6) is -2.63. The van der Waals surface area contributed by atoms with Crippen LogP contribution in [0.4, 0.5) is 13.6 Å². The van der Waals surface area contributed by atoms with E-state index in [1.54, 1.807) is 0 Å². The number of ether oxygens (including phenoxy) is 1. The number of aliphatic hydroxyl groups excluding tert-OH is 1. The van der Waals surface area contributed by atoms with E-state index >= 15 is 0 Å². The first kappa shape index (κ1) is 40.7. The van der Waals surface area contributed by atoms with Crippen LogP contribution in [0.1, 0.15) is 86.7 Å². The Bertz CT molecular complexity index is 1720. The highest BCUT2D eigenvalue weighted by molar-refractivity contribution is 7.89. The summed E-state index contributed by atoms with van der Waals surface area (Å²) in [6.45, 7) is 5.04. The highest BCUT2D eigenvalue weighted by Gasteiger charge is 2.44. The van der Waals surface area contributed by atoms with Gasteiger partial charge in [-0.2, -0.15) is 4.31 Å². The van der Waals surface area contributed by atoms with Crippen molar-refractivity contribution in [2.75, 3.05) is 20.3 Å². The molecular weight excluding hydrogens is 693 g/mol. The number of methoxy groups -OCH3 is 1. The minimum Gasteiger partial charge on any atom is -0.452 e. The van der Waals surface area contributed by atoms with Crippen LogP contribution in [0.3, 0.4) is 0 Å². The van der Waals surface area contributed by atoms with E-state index in [0.717, 1.165) is 24.9 Å². The van der Waals surface area contributed by atoms with Crippen LogP contribution in [-0.2, 0) is 19.6 Å². The van der Waals surface area contributed by atoms with Crippen molar-refractivity contribution in [1.82, 2.24) is 9.21 Å². The first-order valence-corrected chi connectivity index (χ1v) is 19.0. The van der Waals surface area contributed by atoms with Crippen molar-refractivity contribution in [3.63, 3.8) is 0 Å². The second-order valence-electron chi connectivity index (χ2n) is 13.8. The van der Waals surface area contributed by atoms with Crippen LogP contribution in [0.5, 0.6) is 0 Å². The number of benzene rings is 3. The van der Waals surface area contributed by atoms with Crippen LogP contribution in [0.25, 0.3) is 0 Å². The monoisotopic (exact) mass is 741 g/mol. The average Bonchev–Trinajstić information content (AvgIpc) is 3.97. The van der Waals surface area contributed by atoms with E-state index in [9.17, 15) is 36.7 Å². The molecule has 282 valence electrons. The number of amides is 2. The summed E-state index contributed by atoms with van der Waals surface area (Å²) >= 11 is 0. The first-order chi connectivity index (χ1) is 24.7. The number of aliphatic hydroxyl groups is 1. The van der Waals surface area contributed by atoms with Gasteiger partial charge in [0.25, 0.3) is 0 Å². The zero-order valence-corrected chi connectivity index (χ0v) is 30.9. The van der Waals surface area contributed by atoms with Gasteiger partial charge in [0.05, 0.1) is 24.7 Å². The fraction of sp³-hybridized carbons (Fsp3) is 0.462. The molecule has 0 radical (unpaired) electrons. The zero-order chi connectivity index (χ0) is 38.2. The number of imide groups is 1. The molecule has 3 N–H and O–H groups in total. The molecule has 1 fully saturated rings. The van der Waals surface area contributed by atoms with Crippen molar-refractivity contribution >= 4 is 27.8 Å². The third-order valence-corrected chi connectivity index (χ3v) is 11.6. The van der Waals surface area contributed by atoms with Gasteiger partial charge in [-0.25, -0.2) is 26.9 Å². The minimum atomic E-state index is -4.07. The summed E-state index contributed by atoms with van der Waals surface area (Å²) in [6.07, 6.45) is 1.99. The third-order valence-electron chi connectivity index (χ3n) is 9.66. The Morgan fingerprint density at radius 2 is 1.42 bits per heavy atom. The SMILES string of the molecule is COC(=O)N(C(=O)[C@@H](N)C(c1ccc(F)cc1)c1ccc(F)cc1)[C@H](CCC[C@@H](CO)N(CCC(C)C)S(=O)(=O)c1ccc(C(C)=O)cc1)C1CC1. The molecule has 1 aliphatic rings. The van der Waals surface area contributed by atoms with Crippen molar-refractivity contribution in [2.45, 2.75) is 88.2 Å². The number of sulfonamides is 1. The number of nitrogens with two attached hydrogens (primary N) is 1. The van der Waals surface area contributed by atoms with Gasteiger partial charge in [-0.05, 0) is 105 Å². The van der Waals surface area contributed by atoms with Gasteiger partial charge in [-0.15, -0.1) is 0 Å². The summed E-state index contributed by atoms with van der Waals surface area (Å²) in [6, 6.07) is 13.8. The van der Waals surface area contributed by atoms with Gasteiger partial charge in [-0.1, -0.05) is 50.2 Å². The topological polar surface area (TPSA) is 147 Å². The van der Waals surface area contributed by atoms with Gasteiger partial charge >= 0.3 is 6.09 Å². The number of hydrogen-bond donors (Lipinski definition) is 2. The molecule has 52 heavy (non-hydrogen) atoms. The van der Waals surface area contributed by atoms with Crippen molar-refractivity contribution in [2.24, 2.45) is 17.6 Å². The van der Waals surface area contributed by atoms with E-state index in [1.165, 1.54) is 84.0 Å². The molecule has 2 amide bonds. The molecule has 13 heteroatoms. The average molecular weight is 742 g/mol. The molecule has 4 rings (SSSR count). The lowest BCUT2D eigenvalue weighted by atomic mass is 9.84. The predicted octanol–water partition coefficient (Wildman–Crippen LogP) is 6.27. The summed E-state index contributed by atoms with van der Waals surface area (Å²) in [7, 11) is -2.91. The maximum atomic E-state index is 14.3. The summed E-state index contributed by atoms with van der Waals surface area (Å²) < 4.78 is 62.0. The maximum absolute atomic E-state index is 14.3. The number of hydrogen-bond acceptors (Lipinski definition) is 8. The van der Waals surface area contributed by atoms with Crippen LogP contribution in [0.15, 0.2) is 77.7 Å². The van der Waals surface area contributed by atoms with Crippen molar-refractivity contribution < 1.29 is 41.4 Å². The molecule has 3 aromatic rings. The van der Waals surface area contributed by atoms with Crippen LogP contribution in [-0.4, -0.2) is 78.9 Å². The van der Waals surface area contributed by atoms with E-state index in [-0.39, 0.29) is 41.9 Å². The summed E-state index contributed by atoms with van der Waals surface area (Å²) in [5, 5.41) is 10.5. The second kappa shape index (κ2) is 18.1. The molecule has 0 spiro atoms. The minimum absolute atomic E-state index is 0.00359. The quantitative estimate of drug-likeness (QED) is 0.145. The van der Waals surface area contributed by atoms with Gasteiger partial charge in [0.1, 0.15) is 11.6 Å². The molecule has 1 aliphatic carbocycles. The van der Waals surface area contributed by atoms with Gasteiger partial charge in [-0.3, -0.25) is 9.59 Å². The van der Waals surface area contributed by atoms with Gasteiger partial charge in [0.2, 0.25) is 15.9 Å². The second-order valence-corrected chi connectivity index (χ2v) is 15.7. The number of carbonyl (C=O) groups is 3. The lowest BCUT2D eigenvalue weighted by molar-refractivity contribution is -0.133. The Balaban J connectivity index is 1.59. The van der Waals surface area contributed by atoms with E-state index in [0.29, 0.717) is 29.5 Å². The van der Waals surface area contributed by atoms with Gasteiger partial charge in [0.15, 0.2) is 5.78 Å². The number of ketones is 1. The van der Waals surface area contributed by atoms with E-state index in [2.05, 4.69) is 0 Å². The van der Waals surface area contributed by atoms with Crippen molar-refractivity contribution in [3.05, 3.63) is 101 Å². The summed E-state index contributed by atoms with van der Waals surface area (Å²) in [5.41, 5.74) is 8.03. The molecule has 10 nitrogen and oxygen atoms in total. The Kier molecular flexibility index (Phi) is 14.2. The Hall–Kier alpha value is -4.04. The van der Waals surface area contributed by atoms with E-state index < -0.39 is 64.3 Å². The molecular formula is C39H49F2N3O7S. The Labute approximate surface area is 305 Å². The normalized spacial score (nSPS) is 15.1. The van der Waals surface area contributed by atoms with E-state index in [4.69, 9.17) is 10.5 Å². The maximum Gasteiger partial charge on any atom is 0.416 e. The van der Waals surface area contributed by atoms with Gasteiger partial charge < -0.3 is 15.6 Å². The molecule has 0 unspecified atom stereocenters. The van der Waals surface area contributed by atoms with Crippen molar-refractivity contribution in [1.29, 1.82) is 0 Å². The van der Waals surface area contributed by atoms with Gasteiger partial charge in [0, 0.05) is 30.1 Å². The van der Waals surface area contributed by atoms with Crippen LogP contribution in [0.2, 0.25) is 0 Å². The lowest BCUT2D eigenvalue weighted by Crippen LogP contribution is -2.54. The molecule has 1 saturated carbocycles. The molecule has 0 heterocycles. The standard InChI is InChI=1S/C39H49F2N3O7S/c1-25(2)22-23-43(52(49,50)34-20-14-27(15-21-34)26(3)46)33(24-45)6-5-7-35(28-8-9-28)44(39(48)51-4)38(47)37(42)36(29-10-16-31(40)17-11-29)30-12-18-32(41)19-13-30/h10-21,25,28,33,35-37,45H,5-9,22-24,42H2,1-4H3/t33-,35+,37-/m0/s1. The molecule has 0 saturated heterocycles. The smallest absolute Gasteiger partial charge is 0.416 e. The van der Waals surface area contributed by atoms with Crippen molar-refractivity contribution in [3.8, 4) is 0 Å². The van der Waals surface area contributed by atoms with Crippen LogP contribution >= 0.6 is 0 Å². The molecule has 0 bridgehead atoms. The number of nitrogens with zero attached hydrogens (tertiary/aromatic N) is 2. The molecule has 0 aliphatic heterocycles. The lowest BCUT2D eigenvalue weighted by Gasteiger charge is -2.34. The van der Waals surface area contributed by atoms with E-state index in [1.807, 2.05) is 13.8 Å². The Morgan fingerprint density at radius 1 is 0.885 bits per heavy atom. The highest BCUT2D eigenvalue weighted by Crippen LogP contribution is 2.39. The molecule has 3 atom stereocenters. The highest BCUT2D eigenvalue weighted by atomic mass is 32.2. The third kappa shape index (κ3) is 10.1. The van der Waals surface area contributed by atoms with Crippen LogP contribution < -0.4 is 5.73 Å². The molecule has 3 aromatic carbocycles.